The summed E-state index contributed by atoms with van der Waals surface area (Å²) < 4.78 is 17.8. The number of aromatic nitrogens is 2. The number of hydrogen-bond donors (Lipinski definition) is 1. The number of ketones is 1. The maximum atomic E-state index is 13.4. The summed E-state index contributed by atoms with van der Waals surface area (Å²) in [5.41, 5.74) is 0.303. The zero-order chi connectivity index (χ0) is 26.3. The molecule has 8 nitrogen and oxygen atoms in total. The number of benzene rings is 1. The lowest BCUT2D eigenvalue weighted by atomic mass is 9.75. The SMILES string of the molecule is COC[C@@H](CC(=O)c1cnccn1)C(=O)N[C@@H](CCCc1ccc(Cl)cc1)B1OC(C)(C)C(C)(C)O1. The summed E-state index contributed by atoms with van der Waals surface area (Å²) in [5, 5.41) is 3.79. The quantitative estimate of drug-likeness (QED) is 0.335. The third-order valence-electron chi connectivity index (χ3n) is 6.84. The highest BCUT2D eigenvalue weighted by molar-refractivity contribution is 6.48. The number of Topliss-reactive ketones (excluding diaryl/α,β-unsaturated/α-hetero) is 1. The summed E-state index contributed by atoms with van der Waals surface area (Å²) in [5.74, 6) is -1.65. The van der Waals surface area contributed by atoms with E-state index in [1.807, 2.05) is 52.0 Å². The predicted molar refractivity (Wildman–Crippen MR) is 139 cm³/mol. The van der Waals surface area contributed by atoms with E-state index in [0.717, 1.165) is 18.4 Å². The number of aryl methyl sites for hydroxylation is 1. The first-order valence-corrected chi connectivity index (χ1v) is 12.6. The van der Waals surface area contributed by atoms with Gasteiger partial charge in [0.1, 0.15) is 5.69 Å². The highest BCUT2D eigenvalue weighted by Crippen LogP contribution is 2.38. The third kappa shape index (κ3) is 7.35. The number of rotatable bonds is 12. The first kappa shape index (κ1) is 28.2. The fourth-order valence-electron chi connectivity index (χ4n) is 4.01. The largest absolute Gasteiger partial charge is 0.481 e. The van der Waals surface area contributed by atoms with Gasteiger partial charge >= 0.3 is 7.12 Å². The van der Waals surface area contributed by atoms with Gasteiger partial charge in [-0.05, 0) is 64.7 Å². The molecule has 1 aromatic carbocycles. The molecule has 36 heavy (non-hydrogen) atoms. The average Bonchev–Trinajstić information content (AvgIpc) is 3.06. The maximum Gasteiger partial charge on any atom is 0.481 e. The van der Waals surface area contributed by atoms with E-state index in [0.29, 0.717) is 11.4 Å². The minimum atomic E-state index is -0.689. The molecule has 1 aliphatic rings. The van der Waals surface area contributed by atoms with E-state index in [4.69, 9.17) is 25.6 Å². The van der Waals surface area contributed by atoms with E-state index in [2.05, 4.69) is 15.3 Å². The molecule has 0 bridgehead atoms. The van der Waals surface area contributed by atoms with Gasteiger partial charge in [-0.25, -0.2) is 4.98 Å². The summed E-state index contributed by atoms with van der Waals surface area (Å²) >= 11 is 6.00. The zero-order valence-electron chi connectivity index (χ0n) is 21.6. The number of methoxy groups -OCH3 is 1. The number of carbonyl (C=O) groups excluding carboxylic acids is 2. The van der Waals surface area contributed by atoms with Crippen LogP contribution in [-0.2, 0) is 25.3 Å². The minimum Gasteiger partial charge on any atom is -0.402 e. The Labute approximate surface area is 218 Å². The van der Waals surface area contributed by atoms with Crippen LogP contribution in [-0.4, -0.2) is 59.6 Å². The Hall–Kier alpha value is -2.33. The van der Waals surface area contributed by atoms with Gasteiger partial charge in [0.05, 0.1) is 35.9 Å². The topological polar surface area (TPSA) is 99.6 Å². The van der Waals surface area contributed by atoms with E-state index >= 15 is 0 Å². The van der Waals surface area contributed by atoms with Crippen LogP contribution in [0.2, 0.25) is 5.02 Å². The fourth-order valence-corrected chi connectivity index (χ4v) is 4.13. The van der Waals surface area contributed by atoms with Crippen LogP contribution in [0.15, 0.2) is 42.9 Å². The van der Waals surface area contributed by atoms with E-state index in [-0.39, 0.29) is 30.4 Å². The Kier molecular flexibility index (Phi) is 9.63. The van der Waals surface area contributed by atoms with Crippen LogP contribution in [0.1, 0.15) is 63.0 Å². The smallest absolute Gasteiger partial charge is 0.402 e. The molecule has 1 fully saturated rings. The highest BCUT2D eigenvalue weighted by Gasteiger charge is 2.54. The van der Waals surface area contributed by atoms with Gasteiger partial charge in [0.25, 0.3) is 0 Å². The number of nitrogens with zero attached hydrogens (tertiary/aromatic N) is 2. The normalized spacial score (nSPS) is 18.0. The fraction of sp³-hybridized carbons (Fsp3) is 0.538. The third-order valence-corrected chi connectivity index (χ3v) is 7.09. The van der Waals surface area contributed by atoms with Crippen LogP contribution in [0.3, 0.4) is 0 Å². The van der Waals surface area contributed by atoms with E-state index in [1.165, 1.54) is 25.7 Å². The number of amides is 1. The molecule has 1 aliphatic heterocycles. The van der Waals surface area contributed by atoms with Gasteiger partial charge in [0.2, 0.25) is 5.91 Å². The standard InChI is InChI=1S/C26H35BClN3O5/c1-25(2)26(3,4)36-27(35-25)23(8-6-7-18-9-11-20(28)12-10-18)31-24(33)19(17-34-5)15-22(32)21-16-29-13-14-30-21/h9-14,16,19,23H,6-8,15,17H2,1-5H3,(H,31,33)/t19-,23+/m1/s1. The molecule has 1 aromatic heterocycles. The zero-order valence-corrected chi connectivity index (χ0v) is 22.4. The Balaban J connectivity index is 1.71. The van der Waals surface area contributed by atoms with Gasteiger partial charge < -0.3 is 19.4 Å². The average molecular weight is 516 g/mol. The summed E-state index contributed by atoms with van der Waals surface area (Å²) in [6.07, 6.45) is 6.54. The highest BCUT2D eigenvalue weighted by atomic mass is 35.5. The van der Waals surface area contributed by atoms with Crippen LogP contribution >= 0.6 is 11.6 Å². The molecule has 3 rings (SSSR count). The van der Waals surface area contributed by atoms with Crippen molar-refractivity contribution >= 4 is 30.4 Å². The number of hydrogen-bond acceptors (Lipinski definition) is 7. The predicted octanol–water partition coefficient (Wildman–Crippen LogP) is 4.10. The molecule has 0 radical (unpaired) electrons. The maximum absolute atomic E-state index is 13.4. The lowest BCUT2D eigenvalue weighted by molar-refractivity contribution is -0.127. The molecular formula is C26H35BClN3O5. The Bertz CT molecular complexity index is 1000. The van der Waals surface area contributed by atoms with Crippen molar-refractivity contribution in [3.63, 3.8) is 0 Å². The molecular weight excluding hydrogens is 481 g/mol. The number of ether oxygens (including phenoxy) is 1. The summed E-state index contributed by atoms with van der Waals surface area (Å²) in [4.78, 5) is 34.0. The van der Waals surface area contributed by atoms with Gasteiger partial charge in [0.15, 0.2) is 5.78 Å². The second-order valence-electron chi connectivity index (χ2n) is 10.1. The molecule has 1 amide bonds. The molecule has 0 spiro atoms. The van der Waals surface area contributed by atoms with Gasteiger partial charge in [-0.2, -0.15) is 0 Å². The van der Waals surface area contributed by atoms with Crippen LogP contribution in [0, 0.1) is 5.92 Å². The summed E-state index contributed by atoms with van der Waals surface area (Å²) in [6.45, 7) is 8.01. The van der Waals surface area contributed by atoms with E-state index < -0.39 is 30.2 Å². The summed E-state index contributed by atoms with van der Waals surface area (Å²) in [6, 6.07) is 7.73. The molecule has 1 saturated heterocycles. The van der Waals surface area contributed by atoms with Gasteiger partial charge in [0, 0.05) is 30.9 Å². The lowest BCUT2D eigenvalue weighted by Gasteiger charge is -2.32. The molecule has 194 valence electrons. The van der Waals surface area contributed by atoms with Crippen molar-refractivity contribution in [2.45, 2.75) is 70.5 Å². The van der Waals surface area contributed by atoms with E-state index in [9.17, 15) is 9.59 Å². The minimum absolute atomic E-state index is 0.0424. The Morgan fingerprint density at radius 1 is 1.11 bits per heavy atom. The molecule has 1 N–H and O–H groups in total. The molecule has 2 atom stereocenters. The molecule has 0 saturated carbocycles. The molecule has 10 heteroatoms. The Morgan fingerprint density at radius 3 is 2.36 bits per heavy atom. The van der Waals surface area contributed by atoms with Crippen LogP contribution in [0.25, 0.3) is 0 Å². The van der Waals surface area contributed by atoms with Gasteiger partial charge in [-0.1, -0.05) is 23.7 Å². The number of halogens is 1. The van der Waals surface area contributed by atoms with E-state index in [1.54, 1.807) is 0 Å². The first-order chi connectivity index (χ1) is 17.0. The molecule has 0 aliphatic carbocycles. The summed E-state index contributed by atoms with van der Waals surface area (Å²) in [7, 11) is 0.883. The molecule has 0 unspecified atom stereocenters. The van der Waals surface area contributed by atoms with Crippen LogP contribution in [0.5, 0.6) is 0 Å². The molecule has 2 heterocycles. The second kappa shape index (κ2) is 12.3. The number of carbonyl (C=O) groups is 2. The monoisotopic (exact) mass is 515 g/mol. The first-order valence-electron chi connectivity index (χ1n) is 12.2. The van der Waals surface area contributed by atoms with Crippen molar-refractivity contribution in [1.29, 1.82) is 0 Å². The van der Waals surface area contributed by atoms with Crippen molar-refractivity contribution in [2.24, 2.45) is 5.92 Å². The van der Waals surface area contributed by atoms with Crippen molar-refractivity contribution in [3.05, 3.63) is 59.1 Å². The van der Waals surface area contributed by atoms with Crippen molar-refractivity contribution in [3.8, 4) is 0 Å². The van der Waals surface area contributed by atoms with Crippen LogP contribution < -0.4 is 5.32 Å². The van der Waals surface area contributed by atoms with Crippen molar-refractivity contribution in [1.82, 2.24) is 15.3 Å². The van der Waals surface area contributed by atoms with Gasteiger partial charge in [-0.3, -0.25) is 14.6 Å². The molecule has 2 aromatic rings. The second-order valence-corrected chi connectivity index (χ2v) is 10.6. The van der Waals surface area contributed by atoms with Crippen LogP contribution in [0.4, 0.5) is 0 Å². The van der Waals surface area contributed by atoms with Crippen molar-refractivity contribution < 1.29 is 23.6 Å². The van der Waals surface area contributed by atoms with Gasteiger partial charge in [-0.15, -0.1) is 0 Å². The number of nitrogens with one attached hydrogen (secondary N) is 1. The Morgan fingerprint density at radius 2 is 1.78 bits per heavy atom. The van der Waals surface area contributed by atoms with Crippen molar-refractivity contribution in [2.75, 3.05) is 13.7 Å². The lowest BCUT2D eigenvalue weighted by Crippen LogP contribution is -2.50.